The summed E-state index contributed by atoms with van der Waals surface area (Å²) >= 11 is 0. The van der Waals surface area contributed by atoms with Crippen molar-refractivity contribution in [2.24, 2.45) is 14.1 Å². The molecule has 1 aliphatic carbocycles. The minimum absolute atomic E-state index is 0.746. The van der Waals surface area contributed by atoms with Gasteiger partial charge in [-0.25, -0.2) is 4.57 Å². The standard InChI is InChI=1S/C28H31N2/c1-19-23(26-17-16-22(18-29(26)3)21-10-5-6-11-21)13-9-14-25(19)28-20(2)24-12-7-8-15-27(24)30(28)4/h7-9,12-18,21H,5-6,10-11H2,1-4H3/q+1. The number of aryl methyl sites for hydroxylation is 3. The Kier molecular flexibility index (Phi) is 4.73. The molecule has 2 heterocycles. The summed E-state index contributed by atoms with van der Waals surface area (Å²) in [6.07, 6.45) is 7.80. The minimum atomic E-state index is 0.746. The first-order valence-corrected chi connectivity index (χ1v) is 11.2. The molecule has 2 aromatic carbocycles. The third kappa shape index (κ3) is 2.98. The molecule has 0 spiro atoms. The highest BCUT2D eigenvalue weighted by Crippen LogP contribution is 2.37. The Morgan fingerprint density at radius 2 is 1.57 bits per heavy atom. The summed E-state index contributed by atoms with van der Waals surface area (Å²) in [5.74, 6) is 0.746. The highest BCUT2D eigenvalue weighted by atomic mass is 15.0. The van der Waals surface area contributed by atoms with Crippen molar-refractivity contribution in [3.63, 3.8) is 0 Å². The molecule has 0 saturated heterocycles. The Bertz CT molecular complexity index is 1200. The zero-order valence-corrected chi connectivity index (χ0v) is 18.6. The van der Waals surface area contributed by atoms with Crippen LogP contribution >= 0.6 is 0 Å². The second-order valence-electron chi connectivity index (χ2n) is 8.97. The number of para-hydroxylation sites is 1. The van der Waals surface area contributed by atoms with Gasteiger partial charge in [0.05, 0.1) is 5.69 Å². The molecule has 2 aromatic heterocycles. The smallest absolute Gasteiger partial charge is 0.212 e. The average molecular weight is 396 g/mol. The van der Waals surface area contributed by atoms with Crippen LogP contribution in [0.3, 0.4) is 0 Å². The van der Waals surface area contributed by atoms with Crippen LogP contribution in [0, 0.1) is 13.8 Å². The second-order valence-corrected chi connectivity index (χ2v) is 8.97. The number of pyridine rings is 1. The van der Waals surface area contributed by atoms with Gasteiger partial charge in [0.15, 0.2) is 6.20 Å². The maximum absolute atomic E-state index is 2.36. The van der Waals surface area contributed by atoms with Gasteiger partial charge < -0.3 is 4.57 Å². The van der Waals surface area contributed by atoms with Crippen molar-refractivity contribution in [1.82, 2.24) is 4.57 Å². The zero-order valence-electron chi connectivity index (χ0n) is 18.6. The minimum Gasteiger partial charge on any atom is -0.343 e. The lowest BCUT2D eigenvalue weighted by atomic mass is 9.94. The third-order valence-corrected chi connectivity index (χ3v) is 7.21. The first-order chi connectivity index (χ1) is 14.6. The summed E-state index contributed by atoms with van der Waals surface area (Å²) in [4.78, 5) is 0. The maximum Gasteiger partial charge on any atom is 0.212 e. The topological polar surface area (TPSA) is 8.81 Å². The van der Waals surface area contributed by atoms with Crippen molar-refractivity contribution >= 4 is 10.9 Å². The van der Waals surface area contributed by atoms with Crippen LogP contribution in [0.25, 0.3) is 33.4 Å². The predicted molar refractivity (Wildman–Crippen MR) is 126 cm³/mol. The molecule has 0 N–H and O–H groups in total. The SMILES string of the molecule is Cc1c(-c2c(C)c3ccccc3n2C)cccc1-c1ccc(C2CCCC2)c[n+]1C. The summed E-state index contributed by atoms with van der Waals surface area (Å²) in [6.45, 7) is 4.52. The lowest BCUT2D eigenvalue weighted by molar-refractivity contribution is -0.660. The molecular formula is C28H31N2+. The number of aromatic nitrogens is 2. The van der Waals surface area contributed by atoms with Gasteiger partial charge >= 0.3 is 0 Å². The van der Waals surface area contributed by atoms with Gasteiger partial charge in [-0.1, -0.05) is 43.2 Å². The van der Waals surface area contributed by atoms with Crippen molar-refractivity contribution in [1.29, 1.82) is 0 Å². The highest BCUT2D eigenvalue weighted by molar-refractivity contribution is 5.92. The maximum atomic E-state index is 2.36. The molecule has 0 radical (unpaired) electrons. The first-order valence-electron chi connectivity index (χ1n) is 11.2. The molecule has 1 aliphatic rings. The summed E-state index contributed by atoms with van der Waals surface area (Å²) in [6, 6.07) is 20.1. The normalized spacial score (nSPS) is 14.7. The van der Waals surface area contributed by atoms with E-state index in [9.17, 15) is 0 Å². The fourth-order valence-corrected chi connectivity index (χ4v) is 5.54. The second kappa shape index (κ2) is 7.43. The third-order valence-electron chi connectivity index (χ3n) is 7.21. The molecule has 4 aromatic rings. The molecule has 0 aliphatic heterocycles. The van der Waals surface area contributed by atoms with E-state index in [0.717, 1.165) is 5.92 Å². The fraction of sp³-hybridized carbons (Fsp3) is 0.321. The van der Waals surface area contributed by atoms with Gasteiger partial charge in [-0.3, -0.25) is 0 Å². The Morgan fingerprint density at radius 3 is 2.30 bits per heavy atom. The van der Waals surface area contributed by atoms with Crippen molar-refractivity contribution in [3.05, 3.63) is 77.5 Å². The van der Waals surface area contributed by atoms with Crippen molar-refractivity contribution in [2.75, 3.05) is 0 Å². The Labute approximate surface area is 179 Å². The van der Waals surface area contributed by atoms with E-state index >= 15 is 0 Å². The number of rotatable bonds is 3. The van der Waals surface area contributed by atoms with Crippen LogP contribution < -0.4 is 4.57 Å². The number of hydrogen-bond acceptors (Lipinski definition) is 0. The lowest BCUT2D eigenvalue weighted by Gasteiger charge is -2.14. The van der Waals surface area contributed by atoms with Crippen LogP contribution in [-0.2, 0) is 14.1 Å². The van der Waals surface area contributed by atoms with Crippen LogP contribution in [0.15, 0.2) is 60.8 Å². The van der Waals surface area contributed by atoms with Crippen LogP contribution in [0.2, 0.25) is 0 Å². The van der Waals surface area contributed by atoms with E-state index in [2.05, 4.69) is 97.9 Å². The van der Waals surface area contributed by atoms with Crippen LogP contribution in [0.4, 0.5) is 0 Å². The molecular weight excluding hydrogens is 364 g/mol. The van der Waals surface area contributed by atoms with Crippen molar-refractivity contribution in [3.8, 4) is 22.5 Å². The Hall–Kier alpha value is -2.87. The number of nitrogens with zero attached hydrogens (tertiary/aromatic N) is 2. The van der Waals surface area contributed by atoms with E-state index in [4.69, 9.17) is 0 Å². The molecule has 1 fully saturated rings. The Balaban J connectivity index is 1.63. The van der Waals surface area contributed by atoms with Crippen LogP contribution in [0.5, 0.6) is 0 Å². The monoisotopic (exact) mass is 395 g/mol. The van der Waals surface area contributed by atoms with Gasteiger partial charge in [0, 0.05) is 40.7 Å². The number of benzene rings is 2. The highest BCUT2D eigenvalue weighted by Gasteiger charge is 2.23. The number of fused-ring (bicyclic) bond motifs is 1. The zero-order chi connectivity index (χ0) is 20.8. The molecule has 2 nitrogen and oxygen atoms in total. The largest absolute Gasteiger partial charge is 0.343 e. The van der Waals surface area contributed by atoms with E-state index < -0.39 is 0 Å². The summed E-state index contributed by atoms with van der Waals surface area (Å²) in [5.41, 5.74) is 10.7. The van der Waals surface area contributed by atoms with E-state index in [1.54, 1.807) is 0 Å². The van der Waals surface area contributed by atoms with E-state index in [0.29, 0.717) is 0 Å². The fourth-order valence-electron chi connectivity index (χ4n) is 5.54. The molecule has 5 rings (SSSR count). The molecule has 0 amide bonds. The van der Waals surface area contributed by atoms with Crippen LogP contribution in [0.1, 0.15) is 48.3 Å². The van der Waals surface area contributed by atoms with Gasteiger partial charge in [0.2, 0.25) is 5.69 Å². The number of hydrogen-bond donors (Lipinski definition) is 0. The van der Waals surface area contributed by atoms with Gasteiger partial charge in [-0.05, 0) is 61.9 Å². The van der Waals surface area contributed by atoms with Gasteiger partial charge in [0.25, 0.3) is 0 Å². The first kappa shape index (κ1) is 19.1. The van der Waals surface area contributed by atoms with Gasteiger partial charge in [-0.2, -0.15) is 0 Å². The molecule has 0 unspecified atom stereocenters. The molecule has 152 valence electrons. The van der Waals surface area contributed by atoms with Crippen molar-refractivity contribution < 1.29 is 4.57 Å². The van der Waals surface area contributed by atoms with Gasteiger partial charge in [-0.15, -0.1) is 0 Å². The van der Waals surface area contributed by atoms with Gasteiger partial charge in [0.1, 0.15) is 7.05 Å². The summed E-state index contributed by atoms with van der Waals surface area (Å²) in [7, 11) is 4.38. The average Bonchev–Trinajstić information content (AvgIpc) is 3.37. The van der Waals surface area contributed by atoms with E-state index in [1.165, 1.54) is 75.8 Å². The molecule has 30 heavy (non-hydrogen) atoms. The van der Waals surface area contributed by atoms with Crippen molar-refractivity contribution in [2.45, 2.75) is 45.4 Å². The summed E-state index contributed by atoms with van der Waals surface area (Å²) < 4.78 is 4.67. The van der Waals surface area contributed by atoms with Crippen LogP contribution in [-0.4, -0.2) is 4.57 Å². The molecule has 0 atom stereocenters. The molecule has 1 saturated carbocycles. The molecule has 0 bridgehead atoms. The predicted octanol–water partition coefficient (Wildman–Crippen LogP) is 6.61. The quantitative estimate of drug-likeness (QED) is 0.345. The van der Waals surface area contributed by atoms with E-state index in [-0.39, 0.29) is 0 Å². The lowest BCUT2D eigenvalue weighted by Crippen LogP contribution is -2.31. The van der Waals surface area contributed by atoms with E-state index in [1.807, 2.05) is 0 Å². The molecule has 2 heteroatoms. The summed E-state index contributed by atoms with van der Waals surface area (Å²) in [5, 5.41) is 1.34. The Morgan fingerprint density at radius 1 is 0.833 bits per heavy atom.